The summed E-state index contributed by atoms with van der Waals surface area (Å²) >= 11 is 5.83. The van der Waals surface area contributed by atoms with E-state index in [0.29, 0.717) is 16.9 Å². The van der Waals surface area contributed by atoms with Crippen molar-refractivity contribution < 1.29 is 4.39 Å². The van der Waals surface area contributed by atoms with Gasteiger partial charge in [-0.1, -0.05) is 11.6 Å². The molecule has 114 valence electrons. The molecule has 0 saturated carbocycles. The second-order valence-electron chi connectivity index (χ2n) is 5.37. The van der Waals surface area contributed by atoms with Gasteiger partial charge in [0.25, 0.3) is 0 Å². The molecule has 0 atom stereocenters. The van der Waals surface area contributed by atoms with Crippen LogP contribution in [0.1, 0.15) is 16.7 Å². The third kappa shape index (κ3) is 2.84. The predicted molar refractivity (Wildman–Crippen MR) is 90.6 cm³/mol. The van der Waals surface area contributed by atoms with Gasteiger partial charge in [0, 0.05) is 17.3 Å². The summed E-state index contributed by atoms with van der Waals surface area (Å²) in [5.74, 6) is -0.483. The molecule has 0 bridgehead atoms. The highest BCUT2D eigenvalue weighted by atomic mass is 35.5. The smallest absolute Gasteiger partial charge is 0.141 e. The van der Waals surface area contributed by atoms with E-state index < -0.39 is 5.82 Å². The van der Waals surface area contributed by atoms with E-state index >= 15 is 0 Å². The van der Waals surface area contributed by atoms with Crippen molar-refractivity contribution in [2.75, 3.05) is 5.32 Å². The number of pyridine rings is 1. The topological polar surface area (TPSA) is 48.7 Å². The fourth-order valence-electron chi connectivity index (χ4n) is 2.39. The molecule has 1 N–H and O–H groups in total. The van der Waals surface area contributed by atoms with Gasteiger partial charge in [0.2, 0.25) is 0 Å². The Labute approximate surface area is 138 Å². The Hall–Kier alpha value is -2.64. The summed E-state index contributed by atoms with van der Waals surface area (Å²) in [4.78, 5) is 4.34. The van der Waals surface area contributed by atoms with E-state index in [1.165, 1.54) is 18.3 Å². The van der Waals surface area contributed by atoms with Crippen molar-refractivity contribution in [3.8, 4) is 6.07 Å². The highest BCUT2D eigenvalue weighted by Gasteiger charge is 2.11. The van der Waals surface area contributed by atoms with Crippen LogP contribution in [0.5, 0.6) is 0 Å². The summed E-state index contributed by atoms with van der Waals surface area (Å²) in [5.41, 5.74) is 4.70. The molecule has 0 spiro atoms. The Bertz CT molecular complexity index is 961. The van der Waals surface area contributed by atoms with Crippen LogP contribution in [0.15, 0.2) is 36.5 Å². The SMILES string of the molecule is Cc1cc2ncc(C#N)c(Nc3ccc(F)c(Cl)c3)c2cc1C. The van der Waals surface area contributed by atoms with Crippen molar-refractivity contribution in [3.63, 3.8) is 0 Å². The molecule has 0 radical (unpaired) electrons. The molecule has 5 heteroatoms. The first kappa shape index (κ1) is 15.3. The van der Waals surface area contributed by atoms with Gasteiger partial charge in [-0.15, -0.1) is 0 Å². The minimum Gasteiger partial charge on any atom is -0.354 e. The van der Waals surface area contributed by atoms with Crippen LogP contribution in [0.25, 0.3) is 10.9 Å². The number of aromatic nitrogens is 1. The van der Waals surface area contributed by atoms with Crippen molar-refractivity contribution in [3.05, 3.63) is 64.1 Å². The number of nitriles is 1. The fraction of sp³-hybridized carbons (Fsp3) is 0.111. The number of aryl methyl sites for hydroxylation is 2. The summed E-state index contributed by atoms with van der Waals surface area (Å²) in [6.07, 6.45) is 1.53. The largest absolute Gasteiger partial charge is 0.354 e. The van der Waals surface area contributed by atoms with Crippen LogP contribution in [0.2, 0.25) is 5.02 Å². The molecular formula is C18H13ClFN3. The predicted octanol–water partition coefficient (Wildman–Crippen LogP) is 5.26. The van der Waals surface area contributed by atoms with Gasteiger partial charge in [-0.3, -0.25) is 4.98 Å². The van der Waals surface area contributed by atoms with Crippen molar-refractivity contribution in [1.82, 2.24) is 4.98 Å². The van der Waals surface area contributed by atoms with E-state index in [0.717, 1.165) is 22.0 Å². The lowest BCUT2D eigenvalue weighted by Crippen LogP contribution is -1.98. The van der Waals surface area contributed by atoms with Crippen LogP contribution in [-0.4, -0.2) is 4.98 Å². The normalized spacial score (nSPS) is 10.6. The van der Waals surface area contributed by atoms with Crippen LogP contribution in [-0.2, 0) is 0 Å². The van der Waals surface area contributed by atoms with E-state index in [1.807, 2.05) is 26.0 Å². The summed E-state index contributed by atoms with van der Waals surface area (Å²) in [5, 5.41) is 13.4. The number of nitrogens with zero attached hydrogens (tertiary/aromatic N) is 2. The molecule has 0 fully saturated rings. The molecule has 1 heterocycles. The Morgan fingerprint density at radius 2 is 1.91 bits per heavy atom. The van der Waals surface area contributed by atoms with Gasteiger partial charge in [-0.2, -0.15) is 5.26 Å². The number of anilines is 2. The minimum atomic E-state index is -0.483. The first-order chi connectivity index (χ1) is 11.0. The Kier molecular flexibility index (Phi) is 3.89. The molecule has 3 aromatic rings. The maximum absolute atomic E-state index is 13.3. The number of halogens is 2. The van der Waals surface area contributed by atoms with Crippen LogP contribution in [0, 0.1) is 31.0 Å². The summed E-state index contributed by atoms with van der Waals surface area (Å²) < 4.78 is 13.3. The van der Waals surface area contributed by atoms with Gasteiger partial charge in [-0.05, 0) is 55.3 Å². The average molecular weight is 326 g/mol. The van der Waals surface area contributed by atoms with Crippen LogP contribution >= 0.6 is 11.6 Å². The number of nitrogens with one attached hydrogen (secondary N) is 1. The molecule has 3 nitrogen and oxygen atoms in total. The molecule has 0 unspecified atom stereocenters. The summed E-state index contributed by atoms with van der Waals surface area (Å²) in [7, 11) is 0. The molecule has 1 aromatic heterocycles. The van der Waals surface area contributed by atoms with Gasteiger partial charge < -0.3 is 5.32 Å². The molecule has 2 aromatic carbocycles. The Morgan fingerprint density at radius 3 is 2.61 bits per heavy atom. The molecule has 0 aliphatic rings. The van der Waals surface area contributed by atoms with E-state index in [9.17, 15) is 9.65 Å². The van der Waals surface area contributed by atoms with Crippen molar-refractivity contribution >= 4 is 33.9 Å². The molecule has 0 amide bonds. The Balaban J connectivity index is 2.19. The van der Waals surface area contributed by atoms with Crippen molar-refractivity contribution in [1.29, 1.82) is 5.26 Å². The van der Waals surface area contributed by atoms with Crippen molar-refractivity contribution in [2.24, 2.45) is 0 Å². The van der Waals surface area contributed by atoms with E-state index in [1.54, 1.807) is 6.07 Å². The molecular weight excluding hydrogens is 313 g/mol. The zero-order chi connectivity index (χ0) is 16.6. The third-order valence-electron chi connectivity index (χ3n) is 3.79. The zero-order valence-electron chi connectivity index (χ0n) is 12.6. The number of hydrogen-bond acceptors (Lipinski definition) is 3. The quantitative estimate of drug-likeness (QED) is 0.699. The maximum Gasteiger partial charge on any atom is 0.141 e. The summed E-state index contributed by atoms with van der Waals surface area (Å²) in [6.45, 7) is 4.02. The van der Waals surface area contributed by atoms with Gasteiger partial charge in [0.05, 0.1) is 21.8 Å². The third-order valence-corrected chi connectivity index (χ3v) is 4.08. The molecule has 0 saturated heterocycles. The lowest BCUT2D eigenvalue weighted by atomic mass is 10.0. The molecule has 0 aliphatic heterocycles. The van der Waals surface area contributed by atoms with Crippen molar-refractivity contribution in [2.45, 2.75) is 13.8 Å². The van der Waals surface area contributed by atoms with Crippen LogP contribution in [0.4, 0.5) is 15.8 Å². The first-order valence-electron chi connectivity index (χ1n) is 7.01. The molecule has 0 aliphatic carbocycles. The standard InChI is InChI=1S/C18H13ClFN3/c1-10-5-14-17(6-11(10)2)22-9-12(8-21)18(14)23-13-3-4-16(20)15(19)7-13/h3-7,9H,1-2H3,(H,22,23). The first-order valence-corrected chi connectivity index (χ1v) is 7.39. The molecule has 3 rings (SSSR count). The number of hydrogen-bond donors (Lipinski definition) is 1. The zero-order valence-corrected chi connectivity index (χ0v) is 13.4. The second kappa shape index (κ2) is 5.86. The average Bonchev–Trinajstić information content (AvgIpc) is 2.53. The van der Waals surface area contributed by atoms with E-state index in [2.05, 4.69) is 16.4 Å². The van der Waals surface area contributed by atoms with Crippen LogP contribution in [0.3, 0.4) is 0 Å². The van der Waals surface area contributed by atoms with Gasteiger partial charge in [0.15, 0.2) is 0 Å². The lowest BCUT2D eigenvalue weighted by Gasteiger charge is -2.13. The second-order valence-corrected chi connectivity index (χ2v) is 5.77. The monoisotopic (exact) mass is 325 g/mol. The van der Waals surface area contributed by atoms with Gasteiger partial charge >= 0.3 is 0 Å². The van der Waals surface area contributed by atoms with Gasteiger partial charge in [0.1, 0.15) is 11.9 Å². The lowest BCUT2D eigenvalue weighted by molar-refractivity contribution is 0.628. The summed E-state index contributed by atoms with van der Waals surface area (Å²) in [6, 6.07) is 10.5. The van der Waals surface area contributed by atoms with E-state index in [4.69, 9.17) is 11.6 Å². The minimum absolute atomic E-state index is 0.0268. The van der Waals surface area contributed by atoms with E-state index in [-0.39, 0.29) is 5.02 Å². The highest BCUT2D eigenvalue weighted by Crippen LogP contribution is 2.31. The maximum atomic E-state index is 13.3. The number of benzene rings is 2. The number of fused-ring (bicyclic) bond motifs is 1. The van der Waals surface area contributed by atoms with Crippen LogP contribution < -0.4 is 5.32 Å². The number of rotatable bonds is 2. The fourth-order valence-corrected chi connectivity index (χ4v) is 2.57. The van der Waals surface area contributed by atoms with Gasteiger partial charge in [-0.25, -0.2) is 4.39 Å². The Morgan fingerprint density at radius 1 is 1.17 bits per heavy atom. The highest BCUT2D eigenvalue weighted by molar-refractivity contribution is 6.31. The molecule has 23 heavy (non-hydrogen) atoms.